The van der Waals surface area contributed by atoms with Gasteiger partial charge >= 0.3 is 0 Å². The number of hydrogen-bond donors (Lipinski definition) is 6. The Labute approximate surface area is 482 Å². The Morgan fingerprint density at radius 3 is 2.41 bits per heavy atom. The molecular weight excluding hydrogens is 1050 g/mol. The monoisotopic (exact) mass is 1130 g/mol. The first kappa shape index (κ1) is 60.8. The van der Waals surface area contributed by atoms with Gasteiger partial charge in [0.05, 0.1) is 43.8 Å². The standard InChI is InChI=1S/C62H81FN10O7.ClH/c1-38-32-71(48(30-65-38)34-70-24-25-80-36-39(70)2)35-55(75)73-37-62(7,50-23-18-42(27-52(50)73)26-41-16-20-46(63)21-17-41)60(79)66-31-54(74)67-47-22-19-44-29-53(58(77)68-51-15-11-13-43-12-9-10-14-49(43)51)72(33-45(44)28-47)59(78)56(61(4,5)6)69-57(76)40(3)64-8;/h9-10,12,14,16-23,27-28,38-40,48,51,53,56,64-65H,11,13,15,24-26,29-37H2,1-8H3,(H,66,79)(H,67,74)(H,68,77)(H,69,76);1H/t38-,39-,40+,48-,51-,53+,56-,62-;/m1./s1. The Morgan fingerprint density at radius 2 is 1.67 bits per heavy atom. The fourth-order valence-corrected chi connectivity index (χ4v) is 12.2. The van der Waals surface area contributed by atoms with Gasteiger partial charge < -0.3 is 46.4 Å². The fraction of sp³-hybridized carbons (Fsp3) is 0.516. The van der Waals surface area contributed by atoms with E-state index in [1.165, 1.54) is 17.7 Å². The van der Waals surface area contributed by atoms with E-state index in [1.54, 1.807) is 55.0 Å². The summed E-state index contributed by atoms with van der Waals surface area (Å²) in [6.07, 6.45) is 3.31. The zero-order valence-electron chi connectivity index (χ0n) is 48.2. The van der Waals surface area contributed by atoms with Gasteiger partial charge in [-0.1, -0.05) is 75.4 Å². The maximum absolute atomic E-state index is 14.9. The van der Waals surface area contributed by atoms with Crippen molar-refractivity contribution in [2.75, 3.05) is 76.3 Å². The number of nitrogens with one attached hydrogen (secondary N) is 6. The zero-order chi connectivity index (χ0) is 57.0. The highest BCUT2D eigenvalue weighted by Gasteiger charge is 2.48. The maximum atomic E-state index is 14.9. The first-order chi connectivity index (χ1) is 38.2. The molecule has 0 radical (unpaired) electrons. The quantitative estimate of drug-likeness (QED) is 0.0867. The second-order valence-electron chi connectivity index (χ2n) is 24.1. The van der Waals surface area contributed by atoms with Crippen LogP contribution in [0.3, 0.4) is 0 Å². The third-order valence-corrected chi connectivity index (χ3v) is 17.1. The van der Waals surface area contributed by atoms with Crippen LogP contribution in [0.2, 0.25) is 0 Å². The molecule has 6 N–H and O–H groups in total. The number of rotatable bonds is 16. The van der Waals surface area contributed by atoms with Gasteiger partial charge in [-0.2, -0.15) is 0 Å². The summed E-state index contributed by atoms with van der Waals surface area (Å²) in [6.45, 7) is 17.7. The first-order valence-corrected chi connectivity index (χ1v) is 28.5. The predicted molar refractivity (Wildman–Crippen MR) is 314 cm³/mol. The molecule has 0 bridgehead atoms. The second-order valence-corrected chi connectivity index (χ2v) is 24.1. The van der Waals surface area contributed by atoms with Gasteiger partial charge in [-0.05, 0) is 135 Å². The summed E-state index contributed by atoms with van der Waals surface area (Å²) in [6, 6.07) is 23.5. The average molecular weight is 1130 g/mol. The lowest BCUT2D eigenvalue weighted by Crippen LogP contribution is -2.62. The summed E-state index contributed by atoms with van der Waals surface area (Å²) >= 11 is 0. The number of morpholine rings is 1. The van der Waals surface area contributed by atoms with Gasteiger partial charge in [0.15, 0.2) is 0 Å². The lowest BCUT2D eigenvalue weighted by Gasteiger charge is -2.43. The number of hydrogen-bond acceptors (Lipinski definition) is 11. The van der Waals surface area contributed by atoms with E-state index >= 15 is 0 Å². The van der Waals surface area contributed by atoms with Gasteiger partial charge in [-0.25, -0.2) is 4.39 Å². The summed E-state index contributed by atoms with van der Waals surface area (Å²) in [4.78, 5) is 94.1. The molecule has 2 saturated heterocycles. The normalized spacial score (nSPS) is 23.6. The molecule has 0 saturated carbocycles. The lowest BCUT2D eigenvalue weighted by molar-refractivity contribution is -0.147. The molecule has 81 heavy (non-hydrogen) atoms. The minimum atomic E-state index is -1.22. The van der Waals surface area contributed by atoms with Crippen molar-refractivity contribution in [3.05, 3.63) is 130 Å². The van der Waals surface area contributed by atoms with Crippen molar-refractivity contribution in [1.82, 2.24) is 41.3 Å². The summed E-state index contributed by atoms with van der Waals surface area (Å²) in [5.41, 5.74) is 5.41. The van der Waals surface area contributed by atoms with Gasteiger partial charge in [0, 0.05) is 75.2 Å². The van der Waals surface area contributed by atoms with Crippen molar-refractivity contribution in [3.8, 4) is 0 Å². The van der Waals surface area contributed by atoms with Crippen molar-refractivity contribution in [2.24, 2.45) is 5.41 Å². The van der Waals surface area contributed by atoms with Crippen LogP contribution in [0.15, 0.2) is 84.9 Å². The summed E-state index contributed by atoms with van der Waals surface area (Å²) in [5.74, 6) is -2.39. The summed E-state index contributed by atoms with van der Waals surface area (Å²) in [7, 11) is 1.67. The molecule has 4 aliphatic heterocycles. The number of anilines is 2. The Bertz CT molecular complexity index is 2960. The second kappa shape index (κ2) is 25.9. The van der Waals surface area contributed by atoms with E-state index < -0.39 is 46.7 Å². The van der Waals surface area contributed by atoms with E-state index in [0.29, 0.717) is 43.1 Å². The number of halogens is 2. The predicted octanol–water partition coefficient (Wildman–Crippen LogP) is 5.17. The van der Waals surface area contributed by atoms with Crippen LogP contribution in [-0.4, -0.2) is 152 Å². The molecule has 5 aliphatic rings. The van der Waals surface area contributed by atoms with Crippen LogP contribution in [-0.2, 0) is 64.7 Å². The van der Waals surface area contributed by atoms with E-state index in [9.17, 15) is 33.2 Å². The molecule has 0 spiro atoms. The van der Waals surface area contributed by atoms with Gasteiger partial charge in [0.25, 0.3) is 0 Å². The van der Waals surface area contributed by atoms with E-state index in [1.807, 2.05) is 63.2 Å². The largest absolute Gasteiger partial charge is 0.379 e. The number of ether oxygens (including phenoxy) is 1. The number of benzene rings is 4. The number of amides is 6. The molecule has 1 aliphatic carbocycles. The van der Waals surface area contributed by atoms with Gasteiger partial charge in [0.1, 0.15) is 17.9 Å². The van der Waals surface area contributed by atoms with Gasteiger partial charge in [0.2, 0.25) is 35.4 Å². The number of carbonyl (C=O) groups excluding carboxylic acids is 6. The van der Waals surface area contributed by atoms with Gasteiger partial charge in [-0.3, -0.25) is 38.6 Å². The summed E-state index contributed by atoms with van der Waals surface area (Å²) < 4.78 is 19.6. The third-order valence-electron chi connectivity index (χ3n) is 17.1. The number of carbonyl (C=O) groups is 6. The number of aryl methyl sites for hydroxylation is 1. The molecule has 0 aromatic heterocycles. The molecule has 0 unspecified atom stereocenters. The van der Waals surface area contributed by atoms with Crippen LogP contribution in [0.5, 0.6) is 0 Å². The highest BCUT2D eigenvalue weighted by molar-refractivity contribution is 6.04. The molecular formula is C62H82ClFN10O7. The van der Waals surface area contributed by atoms with Crippen molar-refractivity contribution in [2.45, 2.75) is 135 Å². The number of fused-ring (bicyclic) bond motifs is 3. The molecule has 9 rings (SSSR count). The number of piperazine rings is 1. The van der Waals surface area contributed by atoms with Crippen molar-refractivity contribution < 1.29 is 37.9 Å². The highest BCUT2D eigenvalue weighted by Crippen LogP contribution is 2.42. The maximum Gasteiger partial charge on any atom is 0.246 e. The molecule has 4 heterocycles. The lowest BCUT2D eigenvalue weighted by atomic mass is 9.83. The molecule has 2 fully saturated rings. The average Bonchev–Trinajstić information content (AvgIpc) is 3.78. The first-order valence-electron chi connectivity index (χ1n) is 28.5. The minimum Gasteiger partial charge on any atom is -0.379 e. The van der Waals surface area contributed by atoms with E-state index in [4.69, 9.17) is 4.74 Å². The van der Waals surface area contributed by atoms with Crippen LogP contribution in [0.25, 0.3) is 0 Å². The Morgan fingerprint density at radius 1 is 0.914 bits per heavy atom. The van der Waals surface area contributed by atoms with Crippen LogP contribution >= 0.6 is 12.4 Å². The third kappa shape index (κ3) is 14.0. The van der Waals surface area contributed by atoms with Crippen LogP contribution in [0.1, 0.15) is 106 Å². The Balaban J connectivity index is 0.00000860. The molecule has 4 aromatic carbocycles. The smallest absolute Gasteiger partial charge is 0.246 e. The minimum absolute atomic E-state index is 0. The van der Waals surface area contributed by atoms with Crippen molar-refractivity contribution >= 4 is 59.2 Å². The fourth-order valence-electron chi connectivity index (χ4n) is 12.2. The topological polar surface area (TPSA) is 197 Å². The highest BCUT2D eigenvalue weighted by atomic mass is 35.5. The van der Waals surface area contributed by atoms with E-state index in [2.05, 4.69) is 61.6 Å². The molecule has 8 atom stereocenters. The Kier molecular flexibility index (Phi) is 19.4. The van der Waals surface area contributed by atoms with Crippen LogP contribution in [0.4, 0.5) is 15.8 Å². The van der Waals surface area contributed by atoms with E-state index in [0.717, 1.165) is 66.7 Å². The number of likely N-dealkylation sites (N-methyl/N-ethyl adjacent to an activating group) is 1. The molecule has 19 heteroatoms. The number of nitrogens with zero attached hydrogens (tertiary/aromatic N) is 4. The van der Waals surface area contributed by atoms with Crippen molar-refractivity contribution in [1.29, 1.82) is 0 Å². The molecule has 4 aromatic rings. The van der Waals surface area contributed by atoms with E-state index in [-0.39, 0.29) is 92.7 Å². The Hall–Kier alpha value is -6.28. The SMILES string of the molecule is CN[C@@H](C)C(=O)N[C@H](C(=O)N1Cc2cc(NC(=O)CNC(=O)[C@]3(C)CN(C(=O)CN4C[C@@H](C)NC[C@@H]4CN4CCOC[C@H]4C)c4cc(Cc5ccc(F)cc5)ccc43)ccc2C[C@H]1C(=O)N[C@@H]1CCCc2ccccc21)C(C)(C)C.Cl. The summed E-state index contributed by atoms with van der Waals surface area (Å²) in [5, 5.41) is 18.6. The molecule has 6 amide bonds. The van der Waals surface area contributed by atoms with Crippen LogP contribution in [0, 0.1) is 11.2 Å². The van der Waals surface area contributed by atoms with Crippen molar-refractivity contribution in [3.63, 3.8) is 0 Å². The van der Waals surface area contributed by atoms with Crippen LogP contribution < -0.4 is 36.8 Å². The molecule has 17 nitrogen and oxygen atoms in total. The van der Waals surface area contributed by atoms with Gasteiger partial charge in [-0.15, -0.1) is 12.4 Å². The molecule has 436 valence electrons. The zero-order valence-corrected chi connectivity index (χ0v) is 49.0.